The first-order valence-electron chi connectivity index (χ1n) is 4.15. The van der Waals surface area contributed by atoms with Gasteiger partial charge in [0.15, 0.2) is 0 Å². The Morgan fingerprint density at radius 3 is 3.00 bits per heavy atom. The Hall–Kier alpha value is -0.860. The van der Waals surface area contributed by atoms with Gasteiger partial charge >= 0.3 is 0 Å². The zero-order valence-electron chi connectivity index (χ0n) is 7.08. The number of aliphatic hydroxyl groups excluding tert-OH is 1. The zero-order chi connectivity index (χ0) is 8.55. The minimum atomic E-state index is -0.387. The fraction of sp³-hybridized carbons (Fsp3) is 0.400. The van der Waals surface area contributed by atoms with Gasteiger partial charge in [0.25, 0.3) is 0 Å². The summed E-state index contributed by atoms with van der Waals surface area (Å²) in [6.45, 7) is 3.13. The van der Waals surface area contributed by atoms with Gasteiger partial charge in [-0.25, -0.2) is 0 Å². The molecule has 1 aromatic carbocycles. The molecule has 1 heterocycles. The molecule has 12 heavy (non-hydrogen) atoms. The Morgan fingerprint density at radius 2 is 2.25 bits per heavy atom. The van der Waals surface area contributed by atoms with Crippen LogP contribution in [0.4, 0.5) is 0 Å². The Morgan fingerprint density at radius 1 is 1.42 bits per heavy atom. The van der Waals surface area contributed by atoms with Crippen molar-refractivity contribution < 1.29 is 9.84 Å². The van der Waals surface area contributed by atoms with Crippen molar-refractivity contribution in [2.24, 2.45) is 0 Å². The maximum absolute atomic E-state index is 9.43. The van der Waals surface area contributed by atoms with Gasteiger partial charge in [0, 0.05) is 0 Å². The van der Waals surface area contributed by atoms with Gasteiger partial charge in [-0.1, -0.05) is 18.2 Å². The van der Waals surface area contributed by atoms with Crippen LogP contribution in [0.1, 0.15) is 29.7 Å². The molecule has 0 aliphatic carbocycles. The second kappa shape index (κ2) is 2.88. The summed E-state index contributed by atoms with van der Waals surface area (Å²) in [6.07, 6.45) is -0.387. The third kappa shape index (κ3) is 1.13. The van der Waals surface area contributed by atoms with Crippen LogP contribution in [-0.4, -0.2) is 5.11 Å². The number of hydrogen-bond acceptors (Lipinski definition) is 2. The topological polar surface area (TPSA) is 29.5 Å². The minimum absolute atomic E-state index is 0.387. The highest BCUT2D eigenvalue weighted by atomic mass is 16.5. The minimum Gasteiger partial charge on any atom is -0.389 e. The van der Waals surface area contributed by atoms with E-state index < -0.39 is 0 Å². The summed E-state index contributed by atoms with van der Waals surface area (Å²) in [5.41, 5.74) is 3.39. The van der Waals surface area contributed by atoms with Crippen LogP contribution in [0.15, 0.2) is 18.2 Å². The maximum Gasteiger partial charge on any atom is 0.0765 e. The first-order valence-corrected chi connectivity index (χ1v) is 4.15. The third-order valence-corrected chi connectivity index (χ3v) is 2.26. The van der Waals surface area contributed by atoms with E-state index in [1.165, 1.54) is 11.1 Å². The maximum atomic E-state index is 9.43. The summed E-state index contributed by atoms with van der Waals surface area (Å²) in [5, 5.41) is 9.43. The van der Waals surface area contributed by atoms with Gasteiger partial charge in [0.05, 0.1) is 19.3 Å². The average Bonchev–Trinajstić information content (AvgIpc) is 2.49. The predicted molar refractivity (Wildman–Crippen MR) is 45.6 cm³/mol. The van der Waals surface area contributed by atoms with Gasteiger partial charge in [-0.2, -0.15) is 0 Å². The normalized spacial score (nSPS) is 17.5. The molecule has 1 aliphatic rings. The molecule has 2 rings (SSSR count). The van der Waals surface area contributed by atoms with E-state index in [9.17, 15) is 5.11 Å². The first kappa shape index (κ1) is 7.77. The van der Waals surface area contributed by atoms with Crippen molar-refractivity contribution in [3.63, 3.8) is 0 Å². The molecule has 0 amide bonds. The number of fused-ring (bicyclic) bond motifs is 1. The molecule has 1 unspecified atom stereocenters. The zero-order valence-corrected chi connectivity index (χ0v) is 7.08. The van der Waals surface area contributed by atoms with E-state index in [0.29, 0.717) is 13.2 Å². The summed E-state index contributed by atoms with van der Waals surface area (Å²) < 4.78 is 5.29. The fourth-order valence-electron chi connectivity index (χ4n) is 1.62. The summed E-state index contributed by atoms with van der Waals surface area (Å²) in [5.74, 6) is 0. The van der Waals surface area contributed by atoms with Crippen LogP contribution in [0.3, 0.4) is 0 Å². The highest BCUT2D eigenvalue weighted by Gasteiger charge is 2.16. The Labute approximate surface area is 71.8 Å². The molecule has 0 aromatic heterocycles. The van der Waals surface area contributed by atoms with Gasteiger partial charge in [-0.05, 0) is 23.6 Å². The van der Waals surface area contributed by atoms with Gasteiger partial charge in [-0.3, -0.25) is 0 Å². The first-order chi connectivity index (χ1) is 5.79. The number of ether oxygens (including phenoxy) is 1. The number of hydrogen-bond donors (Lipinski definition) is 1. The second-order valence-electron chi connectivity index (χ2n) is 3.15. The van der Waals surface area contributed by atoms with Crippen LogP contribution in [-0.2, 0) is 18.0 Å². The molecule has 0 spiro atoms. The molecule has 2 nitrogen and oxygen atoms in total. The third-order valence-electron chi connectivity index (χ3n) is 2.26. The molecule has 0 bridgehead atoms. The van der Waals surface area contributed by atoms with Crippen molar-refractivity contribution in [2.75, 3.05) is 0 Å². The van der Waals surface area contributed by atoms with Gasteiger partial charge in [-0.15, -0.1) is 0 Å². The lowest BCUT2D eigenvalue weighted by Crippen LogP contribution is -1.97. The second-order valence-corrected chi connectivity index (χ2v) is 3.15. The highest BCUT2D eigenvalue weighted by molar-refractivity contribution is 5.37. The fourth-order valence-corrected chi connectivity index (χ4v) is 1.62. The molecule has 0 saturated heterocycles. The van der Waals surface area contributed by atoms with Crippen molar-refractivity contribution >= 4 is 0 Å². The van der Waals surface area contributed by atoms with Crippen LogP contribution >= 0.6 is 0 Å². The monoisotopic (exact) mass is 164 g/mol. The summed E-state index contributed by atoms with van der Waals surface area (Å²) in [6, 6.07) is 5.97. The van der Waals surface area contributed by atoms with Crippen molar-refractivity contribution in [3.8, 4) is 0 Å². The van der Waals surface area contributed by atoms with Crippen LogP contribution in [0.25, 0.3) is 0 Å². The molecule has 0 radical (unpaired) electrons. The molecule has 0 fully saturated rings. The number of rotatable bonds is 1. The van der Waals surface area contributed by atoms with Crippen molar-refractivity contribution in [1.82, 2.24) is 0 Å². The van der Waals surface area contributed by atoms with Gasteiger partial charge in [0.1, 0.15) is 0 Å². The molecule has 2 heteroatoms. The van der Waals surface area contributed by atoms with E-state index in [2.05, 4.69) is 0 Å². The van der Waals surface area contributed by atoms with E-state index in [4.69, 9.17) is 4.74 Å². The molecule has 1 N–H and O–H groups in total. The molecule has 64 valence electrons. The highest BCUT2D eigenvalue weighted by Crippen LogP contribution is 2.27. The molecular weight excluding hydrogens is 152 g/mol. The van der Waals surface area contributed by atoms with E-state index in [-0.39, 0.29) is 6.10 Å². The lowest BCUT2D eigenvalue weighted by Gasteiger charge is -2.08. The van der Waals surface area contributed by atoms with Gasteiger partial charge in [0.2, 0.25) is 0 Å². The Balaban J connectivity index is 2.49. The van der Waals surface area contributed by atoms with Crippen molar-refractivity contribution in [1.29, 1.82) is 0 Å². The summed E-state index contributed by atoms with van der Waals surface area (Å²) >= 11 is 0. The van der Waals surface area contributed by atoms with Gasteiger partial charge < -0.3 is 9.84 Å². The average molecular weight is 164 g/mol. The molecule has 0 saturated carbocycles. The van der Waals surface area contributed by atoms with Crippen LogP contribution in [0.5, 0.6) is 0 Å². The van der Waals surface area contributed by atoms with E-state index in [1.807, 2.05) is 18.2 Å². The number of benzene rings is 1. The van der Waals surface area contributed by atoms with E-state index in [1.54, 1.807) is 6.92 Å². The quantitative estimate of drug-likeness (QED) is 0.685. The molecule has 1 aromatic rings. The van der Waals surface area contributed by atoms with Crippen molar-refractivity contribution in [2.45, 2.75) is 26.2 Å². The summed E-state index contributed by atoms with van der Waals surface area (Å²) in [7, 11) is 0. The van der Waals surface area contributed by atoms with E-state index >= 15 is 0 Å². The van der Waals surface area contributed by atoms with Crippen LogP contribution < -0.4 is 0 Å². The van der Waals surface area contributed by atoms with Crippen LogP contribution in [0, 0.1) is 0 Å². The lowest BCUT2D eigenvalue weighted by atomic mass is 10.0. The Bertz CT molecular complexity index is 292. The Kier molecular flexibility index (Phi) is 1.87. The standard InChI is InChI=1S/C10H12O2/c1-7(11)9-4-2-3-8-5-12-6-10(8)9/h2-4,7,11H,5-6H2,1H3. The molecule has 1 aliphatic heterocycles. The lowest BCUT2D eigenvalue weighted by molar-refractivity contribution is 0.132. The van der Waals surface area contributed by atoms with Crippen LogP contribution in [0.2, 0.25) is 0 Å². The number of aliphatic hydroxyl groups is 1. The largest absolute Gasteiger partial charge is 0.389 e. The smallest absolute Gasteiger partial charge is 0.0765 e. The van der Waals surface area contributed by atoms with Crippen molar-refractivity contribution in [3.05, 3.63) is 34.9 Å². The van der Waals surface area contributed by atoms with E-state index in [0.717, 1.165) is 5.56 Å². The SMILES string of the molecule is CC(O)c1cccc2c1COC2. The molecular formula is C10H12O2. The predicted octanol–water partition coefficient (Wildman–Crippen LogP) is 1.77. The molecule has 1 atom stereocenters. The summed E-state index contributed by atoms with van der Waals surface area (Å²) in [4.78, 5) is 0.